The highest BCUT2D eigenvalue weighted by Crippen LogP contribution is 2.29. The summed E-state index contributed by atoms with van der Waals surface area (Å²) in [5.41, 5.74) is -0.224. The number of ether oxygens (including phenoxy) is 2. The minimum Gasteiger partial charge on any atom is -0.405 e. The molecule has 1 aliphatic heterocycles. The molecule has 1 aromatic carbocycles. The Morgan fingerprint density at radius 2 is 2.09 bits per heavy atom. The van der Waals surface area contributed by atoms with Gasteiger partial charge in [-0.1, -0.05) is 0 Å². The molecule has 3 atom stereocenters. The first-order valence-corrected chi connectivity index (χ1v) is 10.2. The lowest BCUT2D eigenvalue weighted by atomic mass is 10.0. The van der Waals surface area contributed by atoms with Crippen LogP contribution in [0.25, 0.3) is 11.0 Å². The van der Waals surface area contributed by atoms with Gasteiger partial charge in [0.15, 0.2) is 5.65 Å². The lowest BCUT2D eigenvalue weighted by Gasteiger charge is -2.32. The van der Waals surface area contributed by atoms with Crippen molar-refractivity contribution in [2.75, 3.05) is 25.6 Å². The van der Waals surface area contributed by atoms with E-state index in [-0.39, 0.29) is 41.3 Å². The highest BCUT2D eigenvalue weighted by molar-refractivity contribution is 6.07. The average molecular weight is 500 g/mol. The summed E-state index contributed by atoms with van der Waals surface area (Å²) in [5, 5.41) is 29.6. The summed E-state index contributed by atoms with van der Waals surface area (Å²) >= 11 is 0. The highest BCUT2D eigenvalue weighted by Gasteiger charge is 2.34. The Balaban J connectivity index is 1.61. The van der Waals surface area contributed by atoms with E-state index < -0.39 is 48.6 Å². The number of hydrogen-bond acceptors (Lipinski definition) is 9. The van der Waals surface area contributed by atoms with Gasteiger partial charge in [-0.05, 0) is 18.2 Å². The van der Waals surface area contributed by atoms with Gasteiger partial charge >= 0.3 is 6.36 Å². The fourth-order valence-electron chi connectivity index (χ4n) is 3.62. The Bertz CT molecular complexity index is 1220. The van der Waals surface area contributed by atoms with E-state index in [0.717, 1.165) is 23.1 Å². The number of aliphatic hydroxyl groups excluding tert-OH is 2. The monoisotopic (exact) mass is 500 g/mol. The third-order valence-corrected chi connectivity index (χ3v) is 5.28. The predicted molar refractivity (Wildman–Crippen MR) is 111 cm³/mol. The molecule has 1 aliphatic rings. The Hall–Kier alpha value is -3.56. The van der Waals surface area contributed by atoms with Crippen LogP contribution in [0.15, 0.2) is 24.5 Å². The van der Waals surface area contributed by atoms with Crippen LogP contribution in [-0.2, 0) is 11.3 Å². The Kier molecular flexibility index (Phi) is 6.73. The van der Waals surface area contributed by atoms with Crippen molar-refractivity contribution in [2.45, 2.75) is 31.2 Å². The molecule has 0 saturated carbocycles. The van der Waals surface area contributed by atoms with Gasteiger partial charge in [0.1, 0.15) is 41.6 Å². The minimum atomic E-state index is -5.01. The van der Waals surface area contributed by atoms with Crippen LogP contribution in [0.5, 0.6) is 5.75 Å². The second-order valence-corrected chi connectivity index (χ2v) is 7.83. The quantitative estimate of drug-likeness (QED) is 0.367. The summed E-state index contributed by atoms with van der Waals surface area (Å²) in [6, 6.07) is 1.71. The van der Waals surface area contributed by atoms with Gasteiger partial charge in [0.25, 0.3) is 5.91 Å². The van der Waals surface area contributed by atoms with Crippen molar-refractivity contribution in [3.8, 4) is 5.75 Å². The SMILES string of the molecule is CN(Cc1cc(F)ccc1OC(F)(F)F)C(=O)c1[nH]nc2ncnc(N[C@@H]3COC[C@@H](O)[C@H]3O)c12. The maximum absolute atomic E-state index is 13.7. The molecule has 35 heavy (non-hydrogen) atoms. The number of halogens is 4. The van der Waals surface area contributed by atoms with Crippen molar-refractivity contribution in [1.82, 2.24) is 25.1 Å². The first-order chi connectivity index (χ1) is 16.5. The van der Waals surface area contributed by atoms with E-state index in [1.54, 1.807) is 0 Å². The zero-order valence-corrected chi connectivity index (χ0v) is 18.1. The summed E-state index contributed by atoms with van der Waals surface area (Å²) in [5.74, 6) is -2.07. The fraction of sp³-hybridized carbons (Fsp3) is 0.400. The molecule has 1 amide bonds. The van der Waals surface area contributed by atoms with Crippen LogP contribution in [0.2, 0.25) is 0 Å². The molecule has 0 bridgehead atoms. The van der Waals surface area contributed by atoms with Crippen LogP contribution < -0.4 is 10.1 Å². The fourth-order valence-corrected chi connectivity index (χ4v) is 3.62. The Morgan fingerprint density at radius 3 is 2.83 bits per heavy atom. The molecule has 3 heterocycles. The number of aromatic nitrogens is 4. The van der Waals surface area contributed by atoms with E-state index in [1.165, 1.54) is 13.4 Å². The lowest BCUT2D eigenvalue weighted by Crippen LogP contribution is -2.51. The van der Waals surface area contributed by atoms with E-state index in [1.807, 2.05) is 0 Å². The molecule has 0 radical (unpaired) electrons. The number of alkyl halides is 3. The first-order valence-electron chi connectivity index (χ1n) is 10.2. The summed E-state index contributed by atoms with van der Waals surface area (Å²) in [4.78, 5) is 22.3. The second-order valence-electron chi connectivity index (χ2n) is 7.83. The molecule has 4 N–H and O–H groups in total. The summed E-state index contributed by atoms with van der Waals surface area (Å²) in [6.07, 6.45) is -6.14. The number of benzene rings is 1. The van der Waals surface area contributed by atoms with Crippen LogP contribution in [0.4, 0.5) is 23.4 Å². The van der Waals surface area contributed by atoms with Crippen LogP contribution in [0.3, 0.4) is 0 Å². The normalized spacial score (nSPS) is 20.6. The number of aliphatic hydroxyl groups is 2. The number of rotatable bonds is 6. The number of aromatic amines is 1. The third kappa shape index (κ3) is 5.41. The van der Waals surface area contributed by atoms with Gasteiger partial charge in [-0.3, -0.25) is 9.89 Å². The highest BCUT2D eigenvalue weighted by atomic mass is 19.4. The third-order valence-electron chi connectivity index (χ3n) is 5.28. The van der Waals surface area contributed by atoms with Crippen molar-refractivity contribution in [3.05, 3.63) is 41.6 Å². The smallest absolute Gasteiger partial charge is 0.405 e. The number of carbonyl (C=O) groups is 1. The molecule has 4 rings (SSSR count). The number of anilines is 1. The van der Waals surface area contributed by atoms with Crippen molar-refractivity contribution in [3.63, 3.8) is 0 Å². The Labute approximate surface area is 194 Å². The molecule has 0 unspecified atom stereocenters. The predicted octanol–water partition coefficient (Wildman–Crippen LogP) is 1.20. The van der Waals surface area contributed by atoms with Crippen LogP contribution in [0, 0.1) is 5.82 Å². The zero-order chi connectivity index (χ0) is 25.3. The molecule has 0 spiro atoms. The lowest BCUT2D eigenvalue weighted by molar-refractivity contribution is -0.275. The van der Waals surface area contributed by atoms with Crippen molar-refractivity contribution in [2.24, 2.45) is 0 Å². The molecule has 1 saturated heterocycles. The van der Waals surface area contributed by atoms with Gasteiger partial charge in [-0.25, -0.2) is 14.4 Å². The molecular formula is C20H20F4N6O5. The summed E-state index contributed by atoms with van der Waals surface area (Å²) in [6.45, 7) is -0.425. The Morgan fingerprint density at radius 1 is 1.31 bits per heavy atom. The molecule has 11 nitrogen and oxygen atoms in total. The average Bonchev–Trinajstić information content (AvgIpc) is 3.22. The van der Waals surface area contributed by atoms with Gasteiger partial charge < -0.3 is 29.9 Å². The van der Waals surface area contributed by atoms with Crippen molar-refractivity contribution < 1.29 is 42.0 Å². The number of amides is 1. The molecule has 1 fully saturated rings. The van der Waals surface area contributed by atoms with E-state index in [2.05, 4.69) is 30.2 Å². The van der Waals surface area contributed by atoms with Gasteiger partial charge in [0.05, 0.1) is 24.6 Å². The number of nitrogens with zero attached hydrogens (tertiary/aromatic N) is 4. The van der Waals surface area contributed by atoms with E-state index in [9.17, 15) is 32.6 Å². The molecule has 2 aromatic heterocycles. The van der Waals surface area contributed by atoms with Gasteiger partial charge in [0.2, 0.25) is 0 Å². The molecule has 3 aromatic rings. The molecule has 15 heteroatoms. The number of fused-ring (bicyclic) bond motifs is 1. The largest absolute Gasteiger partial charge is 0.573 e. The number of H-pyrrole nitrogens is 1. The summed E-state index contributed by atoms with van der Waals surface area (Å²) < 4.78 is 61.1. The van der Waals surface area contributed by atoms with Crippen molar-refractivity contribution in [1.29, 1.82) is 0 Å². The van der Waals surface area contributed by atoms with Crippen LogP contribution >= 0.6 is 0 Å². The minimum absolute atomic E-state index is 0.0428. The van der Waals surface area contributed by atoms with Gasteiger partial charge in [0, 0.05) is 19.2 Å². The number of hydrogen-bond donors (Lipinski definition) is 4. The van der Waals surface area contributed by atoms with Crippen molar-refractivity contribution >= 4 is 22.8 Å². The molecule has 0 aliphatic carbocycles. The van der Waals surface area contributed by atoms with Crippen LogP contribution in [-0.4, -0.2) is 86.1 Å². The first kappa shape index (κ1) is 24.6. The maximum atomic E-state index is 13.7. The molecular weight excluding hydrogens is 480 g/mol. The van der Waals surface area contributed by atoms with Crippen LogP contribution in [0.1, 0.15) is 16.1 Å². The maximum Gasteiger partial charge on any atom is 0.573 e. The second kappa shape index (κ2) is 9.59. The van der Waals surface area contributed by atoms with E-state index in [0.29, 0.717) is 0 Å². The standard InChI is InChI=1S/C20H20F4N6O5/c1-30(5-9-4-10(21)2-3-13(9)35-20(22,23)24)19(33)15-14-17(25-8-26-18(14)29-28-15)27-11-6-34-7-12(31)16(11)32/h2-4,8,11-12,16,31-32H,5-7H2,1H3,(H2,25,26,27,28,29)/t11-,12-,16+/m1/s1. The van der Waals surface area contributed by atoms with Gasteiger partial charge in [-0.15, -0.1) is 13.2 Å². The molecule has 188 valence electrons. The number of carbonyl (C=O) groups excluding carboxylic acids is 1. The number of nitrogens with one attached hydrogen (secondary N) is 2. The topological polar surface area (TPSA) is 146 Å². The van der Waals surface area contributed by atoms with E-state index in [4.69, 9.17) is 4.74 Å². The summed E-state index contributed by atoms with van der Waals surface area (Å²) in [7, 11) is 1.29. The van der Waals surface area contributed by atoms with E-state index >= 15 is 0 Å². The zero-order valence-electron chi connectivity index (χ0n) is 18.1. The van der Waals surface area contributed by atoms with Gasteiger partial charge in [-0.2, -0.15) is 5.10 Å².